The topological polar surface area (TPSA) is 68.7 Å². The lowest BCUT2D eigenvalue weighted by Crippen LogP contribution is -2.03. The molecule has 98 valence electrons. The van der Waals surface area contributed by atoms with Crippen molar-refractivity contribution in [2.24, 2.45) is 0 Å². The molecule has 1 aromatic carbocycles. The predicted octanol–water partition coefficient (Wildman–Crippen LogP) is 2.46. The molecule has 1 N–H and O–H groups in total. The van der Waals surface area contributed by atoms with Gasteiger partial charge in [0.25, 0.3) is 0 Å². The highest BCUT2D eigenvalue weighted by atomic mass is 16.5. The molecule has 19 heavy (non-hydrogen) atoms. The third kappa shape index (κ3) is 2.49. The Hall–Kier alpha value is -2.56. The molecule has 0 atom stereocenters. The van der Waals surface area contributed by atoms with Gasteiger partial charge < -0.3 is 14.6 Å². The number of nitrogens with zero attached hydrogens (tertiary/aromatic N) is 1. The molecule has 5 nitrogen and oxygen atoms in total. The van der Waals surface area contributed by atoms with Gasteiger partial charge in [-0.05, 0) is 18.2 Å². The number of carboxylic acids is 1. The van der Waals surface area contributed by atoms with Crippen LogP contribution >= 0.6 is 0 Å². The second-order valence-corrected chi connectivity index (χ2v) is 3.77. The van der Waals surface area contributed by atoms with Gasteiger partial charge in [-0.15, -0.1) is 0 Å². The second-order valence-electron chi connectivity index (χ2n) is 3.77. The number of carbonyl (C=O) groups is 1. The zero-order valence-electron chi connectivity index (χ0n) is 10.6. The van der Waals surface area contributed by atoms with Crippen LogP contribution in [0.2, 0.25) is 0 Å². The van der Waals surface area contributed by atoms with Gasteiger partial charge in [-0.2, -0.15) is 0 Å². The number of ether oxygens (including phenoxy) is 2. The van der Waals surface area contributed by atoms with E-state index in [1.54, 1.807) is 37.4 Å². The number of carboxylic acid groups (broad SMARTS) is 1. The fourth-order valence-corrected chi connectivity index (χ4v) is 1.81. The molecule has 0 amide bonds. The summed E-state index contributed by atoms with van der Waals surface area (Å²) in [5.41, 5.74) is 1.16. The number of methoxy groups -OCH3 is 2. The molecule has 0 aliphatic carbocycles. The molecule has 1 aromatic heterocycles. The Balaban J connectivity index is 2.62. The van der Waals surface area contributed by atoms with E-state index < -0.39 is 5.97 Å². The van der Waals surface area contributed by atoms with Crippen molar-refractivity contribution in [3.63, 3.8) is 0 Å². The number of aromatic nitrogens is 1. The first-order valence-corrected chi connectivity index (χ1v) is 5.58. The third-order valence-electron chi connectivity index (χ3n) is 2.71. The van der Waals surface area contributed by atoms with Crippen molar-refractivity contribution in [2.45, 2.75) is 0 Å². The second kappa shape index (κ2) is 5.39. The maximum atomic E-state index is 11.2. The molecular formula is C14H13NO4. The highest BCUT2D eigenvalue weighted by molar-refractivity contribution is 5.94. The summed E-state index contributed by atoms with van der Waals surface area (Å²) in [4.78, 5) is 15.1. The van der Waals surface area contributed by atoms with Crippen LogP contribution in [0.15, 0.2) is 36.5 Å². The fraction of sp³-hybridized carbons (Fsp3) is 0.143. The number of benzene rings is 1. The highest BCUT2D eigenvalue weighted by Crippen LogP contribution is 2.34. The Bertz CT molecular complexity index is 610. The molecule has 0 fully saturated rings. The van der Waals surface area contributed by atoms with Gasteiger partial charge in [-0.3, -0.25) is 0 Å². The molecule has 2 aromatic rings. The first-order chi connectivity index (χ1) is 9.17. The Morgan fingerprint density at radius 2 is 1.95 bits per heavy atom. The van der Waals surface area contributed by atoms with E-state index in [0.717, 1.165) is 0 Å². The number of hydrogen-bond donors (Lipinski definition) is 1. The van der Waals surface area contributed by atoms with Crippen molar-refractivity contribution in [1.29, 1.82) is 0 Å². The first kappa shape index (κ1) is 12.9. The van der Waals surface area contributed by atoms with Crippen LogP contribution in [0, 0.1) is 0 Å². The largest absolute Gasteiger partial charge is 0.497 e. The van der Waals surface area contributed by atoms with Crippen LogP contribution in [0.1, 0.15) is 10.5 Å². The number of pyridine rings is 1. The minimum absolute atomic E-state index is 0.00836. The highest BCUT2D eigenvalue weighted by Gasteiger charge is 2.16. The van der Waals surface area contributed by atoms with E-state index in [-0.39, 0.29) is 5.69 Å². The van der Waals surface area contributed by atoms with Crippen LogP contribution in [-0.2, 0) is 0 Å². The average molecular weight is 259 g/mol. The molecule has 1 heterocycles. The van der Waals surface area contributed by atoms with Crippen molar-refractivity contribution >= 4 is 5.97 Å². The summed E-state index contributed by atoms with van der Waals surface area (Å²) in [5.74, 6) is 0.102. The molecule has 0 unspecified atom stereocenters. The molecule has 0 aliphatic heterocycles. The van der Waals surface area contributed by atoms with Crippen LogP contribution in [0.3, 0.4) is 0 Å². The maximum Gasteiger partial charge on any atom is 0.355 e. The predicted molar refractivity (Wildman–Crippen MR) is 69.7 cm³/mol. The zero-order valence-corrected chi connectivity index (χ0v) is 10.6. The van der Waals surface area contributed by atoms with Crippen molar-refractivity contribution in [3.8, 4) is 22.6 Å². The van der Waals surface area contributed by atoms with Crippen LogP contribution in [0.4, 0.5) is 0 Å². The monoisotopic (exact) mass is 259 g/mol. The summed E-state index contributed by atoms with van der Waals surface area (Å²) in [5, 5.41) is 9.16. The summed E-state index contributed by atoms with van der Waals surface area (Å²) in [6.45, 7) is 0. The van der Waals surface area contributed by atoms with Crippen LogP contribution < -0.4 is 9.47 Å². The van der Waals surface area contributed by atoms with E-state index in [1.807, 2.05) is 0 Å². The van der Waals surface area contributed by atoms with Crippen molar-refractivity contribution in [1.82, 2.24) is 4.98 Å². The lowest BCUT2D eigenvalue weighted by atomic mass is 10.0. The molecule has 5 heteroatoms. The molecule has 0 saturated heterocycles. The molecule has 0 saturated carbocycles. The Morgan fingerprint density at radius 1 is 1.16 bits per heavy atom. The third-order valence-corrected chi connectivity index (χ3v) is 2.71. The van der Waals surface area contributed by atoms with E-state index in [0.29, 0.717) is 22.6 Å². The van der Waals surface area contributed by atoms with Gasteiger partial charge in [-0.1, -0.05) is 6.07 Å². The van der Waals surface area contributed by atoms with Gasteiger partial charge in [0.05, 0.1) is 14.2 Å². The van der Waals surface area contributed by atoms with Gasteiger partial charge in [0, 0.05) is 23.4 Å². The van der Waals surface area contributed by atoms with Crippen molar-refractivity contribution < 1.29 is 19.4 Å². The van der Waals surface area contributed by atoms with Crippen LogP contribution in [0.5, 0.6) is 11.5 Å². The van der Waals surface area contributed by atoms with Gasteiger partial charge in [0.2, 0.25) is 0 Å². The first-order valence-electron chi connectivity index (χ1n) is 5.58. The van der Waals surface area contributed by atoms with E-state index in [4.69, 9.17) is 14.6 Å². The minimum Gasteiger partial charge on any atom is -0.497 e. The quantitative estimate of drug-likeness (QED) is 0.913. The fourth-order valence-electron chi connectivity index (χ4n) is 1.81. The number of aromatic carboxylic acids is 1. The minimum atomic E-state index is -1.08. The summed E-state index contributed by atoms with van der Waals surface area (Å²) in [7, 11) is 3.08. The average Bonchev–Trinajstić information content (AvgIpc) is 2.46. The van der Waals surface area contributed by atoms with Crippen LogP contribution in [0.25, 0.3) is 11.1 Å². The van der Waals surface area contributed by atoms with E-state index in [1.165, 1.54) is 13.3 Å². The number of hydrogen-bond acceptors (Lipinski definition) is 4. The van der Waals surface area contributed by atoms with Gasteiger partial charge in [0.1, 0.15) is 11.5 Å². The van der Waals surface area contributed by atoms with Crippen molar-refractivity contribution in [2.75, 3.05) is 14.2 Å². The lowest BCUT2D eigenvalue weighted by Gasteiger charge is -2.11. The van der Waals surface area contributed by atoms with Gasteiger partial charge in [-0.25, -0.2) is 9.78 Å². The van der Waals surface area contributed by atoms with Crippen molar-refractivity contribution in [3.05, 3.63) is 42.2 Å². The maximum absolute atomic E-state index is 11.2. The molecule has 2 rings (SSSR count). The molecule has 0 radical (unpaired) electrons. The Kier molecular flexibility index (Phi) is 3.66. The van der Waals surface area contributed by atoms with Crippen LogP contribution in [-0.4, -0.2) is 30.3 Å². The van der Waals surface area contributed by atoms with Gasteiger partial charge >= 0.3 is 5.97 Å². The summed E-state index contributed by atoms with van der Waals surface area (Å²) >= 11 is 0. The Morgan fingerprint density at radius 3 is 2.58 bits per heavy atom. The SMILES string of the molecule is COc1ccc(-c2cccnc2C(=O)O)c(OC)c1. The molecular weight excluding hydrogens is 246 g/mol. The molecule has 0 bridgehead atoms. The summed E-state index contributed by atoms with van der Waals surface area (Å²) < 4.78 is 10.4. The lowest BCUT2D eigenvalue weighted by molar-refractivity contribution is 0.0691. The molecule has 0 spiro atoms. The normalized spacial score (nSPS) is 10.0. The summed E-state index contributed by atoms with van der Waals surface area (Å²) in [6.07, 6.45) is 1.45. The van der Waals surface area contributed by atoms with E-state index >= 15 is 0 Å². The molecule has 0 aliphatic rings. The van der Waals surface area contributed by atoms with E-state index in [9.17, 15) is 4.79 Å². The zero-order chi connectivity index (χ0) is 13.8. The standard InChI is InChI=1S/C14H13NO4/c1-18-9-5-6-10(12(8-9)19-2)11-4-3-7-15-13(11)14(16)17/h3-8H,1-2H3,(H,16,17). The van der Waals surface area contributed by atoms with Gasteiger partial charge in [0.15, 0.2) is 5.69 Å². The summed E-state index contributed by atoms with van der Waals surface area (Å²) in [6, 6.07) is 8.58. The van der Waals surface area contributed by atoms with E-state index in [2.05, 4.69) is 4.98 Å². The Labute approximate surface area is 110 Å². The smallest absolute Gasteiger partial charge is 0.355 e. The number of rotatable bonds is 4.